The number of hydrogen-bond donors (Lipinski definition) is 2. The van der Waals surface area contributed by atoms with Gasteiger partial charge < -0.3 is 10.1 Å². The maximum Gasteiger partial charge on any atom is 0.269 e. The fraction of sp³-hybridized carbons (Fsp3) is 0.111. The minimum atomic E-state index is -0.269. The fourth-order valence-corrected chi connectivity index (χ4v) is 3.24. The van der Waals surface area contributed by atoms with Crippen LogP contribution in [0, 0.1) is 0 Å². The minimum absolute atomic E-state index is 0.269. The molecule has 4 aromatic rings. The van der Waals surface area contributed by atoms with Gasteiger partial charge in [0.2, 0.25) is 0 Å². The molecule has 0 aliphatic carbocycles. The highest BCUT2D eigenvalue weighted by Gasteiger charge is 2.14. The number of para-hydroxylation sites is 1. The number of nitrogens with zero attached hydrogens (tertiary/aromatic N) is 4. The molecule has 0 unspecified atom stereocenters. The summed E-state index contributed by atoms with van der Waals surface area (Å²) >= 11 is 1.56. The molecule has 0 aliphatic rings. The average Bonchev–Trinajstić information content (AvgIpc) is 3.47. The van der Waals surface area contributed by atoms with Crippen molar-refractivity contribution in [3.8, 4) is 22.0 Å². The molecular formula is C18H16N6O2S. The number of aromatic amines is 1. The summed E-state index contributed by atoms with van der Waals surface area (Å²) in [5, 5.41) is 20.9. The van der Waals surface area contributed by atoms with Crippen LogP contribution in [0.15, 0.2) is 54.0 Å². The van der Waals surface area contributed by atoms with Crippen molar-refractivity contribution < 1.29 is 9.53 Å². The van der Waals surface area contributed by atoms with Crippen LogP contribution in [0.4, 0.5) is 0 Å². The van der Waals surface area contributed by atoms with Crippen molar-refractivity contribution in [1.82, 2.24) is 30.5 Å². The van der Waals surface area contributed by atoms with E-state index in [9.17, 15) is 4.79 Å². The molecular weight excluding hydrogens is 364 g/mol. The van der Waals surface area contributed by atoms with Gasteiger partial charge >= 0.3 is 0 Å². The third kappa shape index (κ3) is 3.58. The Balaban J connectivity index is 1.43. The van der Waals surface area contributed by atoms with E-state index in [1.165, 1.54) is 0 Å². The molecule has 1 aromatic carbocycles. The van der Waals surface area contributed by atoms with E-state index in [0.717, 1.165) is 10.6 Å². The second kappa shape index (κ2) is 7.42. The number of aromatic nitrogens is 5. The molecule has 0 fully saturated rings. The molecule has 8 nitrogen and oxygen atoms in total. The van der Waals surface area contributed by atoms with Crippen molar-refractivity contribution in [2.24, 2.45) is 0 Å². The van der Waals surface area contributed by atoms with Crippen LogP contribution in [0.5, 0.6) is 5.75 Å². The van der Waals surface area contributed by atoms with Gasteiger partial charge in [0.05, 0.1) is 25.5 Å². The Bertz CT molecular complexity index is 1050. The molecule has 4 rings (SSSR count). The van der Waals surface area contributed by atoms with E-state index in [2.05, 4.69) is 25.8 Å². The van der Waals surface area contributed by atoms with Crippen LogP contribution in [-0.2, 0) is 6.54 Å². The van der Waals surface area contributed by atoms with Gasteiger partial charge in [-0.2, -0.15) is 5.10 Å². The molecule has 3 heterocycles. The first kappa shape index (κ1) is 17.0. The van der Waals surface area contributed by atoms with Crippen LogP contribution >= 0.6 is 11.3 Å². The number of methoxy groups -OCH3 is 1. The number of carbonyl (C=O) groups excluding carboxylic acids is 1. The number of hydrogen-bond acceptors (Lipinski definition) is 6. The number of rotatable bonds is 6. The molecule has 0 aliphatic heterocycles. The predicted molar refractivity (Wildman–Crippen MR) is 101 cm³/mol. The first-order valence-electron chi connectivity index (χ1n) is 8.16. The van der Waals surface area contributed by atoms with Gasteiger partial charge in [0.15, 0.2) is 0 Å². The number of nitrogens with one attached hydrogen (secondary N) is 2. The van der Waals surface area contributed by atoms with Crippen molar-refractivity contribution in [3.63, 3.8) is 0 Å². The maximum atomic E-state index is 12.4. The summed E-state index contributed by atoms with van der Waals surface area (Å²) in [6.45, 7) is 0.271. The number of ether oxygens (including phenoxy) is 1. The van der Waals surface area contributed by atoms with Crippen LogP contribution in [0.3, 0.4) is 0 Å². The molecule has 27 heavy (non-hydrogen) atoms. The van der Waals surface area contributed by atoms with Crippen molar-refractivity contribution in [2.45, 2.75) is 6.54 Å². The van der Waals surface area contributed by atoms with Gasteiger partial charge in [-0.15, -0.1) is 16.4 Å². The highest BCUT2D eigenvalue weighted by molar-refractivity contribution is 7.12. The van der Waals surface area contributed by atoms with E-state index in [1.807, 2.05) is 41.8 Å². The largest absolute Gasteiger partial charge is 0.496 e. The van der Waals surface area contributed by atoms with E-state index in [4.69, 9.17) is 4.74 Å². The van der Waals surface area contributed by atoms with Gasteiger partial charge in [-0.1, -0.05) is 17.3 Å². The average molecular weight is 380 g/mol. The molecule has 0 atom stereocenters. The molecule has 0 radical (unpaired) electrons. The van der Waals surface area contributed by atoms with E-state index < -0.39 is 0 Å². The first-order valence-corrected chi connectivity index (χ1v) is 9.04. The number of benzene rings is 1. The van der Waals surface area contributed by atoms with E-state index in [1.54, 1.807) is 35.4 Å². The van der Waals surface area contributed by atoms with Crippen LogP contribution in [0.25, 0.3) is 16.3 Å². The van der Waals surface area contributed by atoms with Gasteiger partial charge in [-0.05, 0) is 35.7 Å². The van der Waals surface area contributed by atoms with Gasteiger partial charge in [0.1, 0.15) is 22.1 Å². The summed E-state index contributed by atoms with van der Waals surface area (Å²) in [5.74, 6) is 0.426. The number of H-pyrrole nitrogens is 1. The zero-order chi connectivity index (χ0) is 18.6. The summed E-state index contributed by atoms with van der Waals surface area (Å²) < 4.78 is 7.02. The standard InChI is InChI=1S/C18H16N6O2S/c1-26-16-6-3-2-5-13(16)14-9-15(22-21-14)18(25)19-10-12-11-24(23-20-12)17-7-4-8-27-17/h2-9,11H,10H2,1H3,(H,19,25)(H,21,22). The summed E-state index contributed by atoms with van der Waals surface area (Å²) in [6, 6.07) is 13.1. The Kier molecular flexibility index (Phi) is 4.67. The Morgan fingerprint density at radius 3 is 3.00 bits per heavy atom. The minimum Gasteiger partial charge on any atom is -0.496 e. The van der Waals surface area contributed by atoms with Crippen LogP contribution in [0.1, 0.15) is 16.2 Å². The topological polar surface area (TPSA) is 97.7 Å². The lowest BCUT2D eigenvalue weighted by Gasteiger charge is -2.04. The molecule has 2 N–H and O–H groups in total. The zero-order valence-corrected chi connectivity index (χ0v) is 15.2. The normalized spacial score (nSPS) is 10.7. The summed E-state index contributed by atoms with van der Waals surface area (Å²) in [4.78, 5) is 12.4. The highest BCUT2D eigenvalue weighted by atomic mass is 32.1. The lowest BCUT2D eigenvalue weighted by molar-refractivity contribution is 0.0945. The second-order valence-corrected chi connectivity index (χ2v) is 6.58. The Hall–Kier alpha value is -3.46. The van der Waals surface area contributed by atoms with Crippen molar-refractivity contribution in [1.29, 1.82) is 0 Å². The van der Waals surface area contributed by atoms with E-state index in [0.29, 0.717) is 22.8 Å². The molecule has 9 heteroatoms. The lowest BCUT2D eigenvalue weighted by Crippen LogP contribution is -2.23. The monoisotopic (exact) mass is 380 g/mol. The predicted octanol–water partition coefficient (Wildman–Crippen LogP) is 2.66. The molecule has 0 spiro atoms. The first-order chi connectivity index (χ1) is 13.2. The van der Waals surface area contributed by atoms with Crippen molar-refractivity contribution in [2.75, 3.05) is 7.11 Å². The smallest absolute Gasteiger partial charge is 0.269 e. The van der Waals surface area contributed by atoms with Gasteiger partial charge in [0.25, 0.3) is 5.91 Å². The van der Waals surface area contributed by atoms with Gasteiger partial charge in [-0.25, -0.2) is 4.68 Å². The molecule has 3 aromatic heterocycles. The van der Waals surface area contributed by atoms with E-state index in [-0.39, 0.29) is 12.5 Å². The highest BCUT2D eigenvalue weighted by Crippen LogP contribution is 2.28. The molecule has 0 saturated heterocycles. The third-order valence-corrected chi connectivity index (χ3v) is 4.77. The van der Waals surface area contributed by atoms with E-state index >= 15 is 0 Å². The van der Waals surface area contributed by atoms with Crippen molar-refractivity contribution >= 4 is 17.2 Å². The van der Waals surface area contributed by atoms with Crippen LogP contribution in [-0.4, -0.2) is 38.2 Å². The molecule has 0 bridgehead atoms. The molecule has 0 saturated carbocycles. The van der Waals surface area contributed by atoms with Crippen LogP contribution in [0.2, 0.25) is 0 Å². The number of amides is 1. The van der Waals surface area contributed by atoms with Gasteiger partial charge in [-0.3, -0.25) is 9.89 Å². The maximum absolute atomic E-state index is 12.4. The Morgan fingerprint density at radius 1 is 1.30 bits per heavy atom. The third-order valence-electron chi connectivity index (χ3n) is 3.91. The van der Waals surface area contributed by atoms with Crippen LogP contribution < -0.4 is 10.1 Å². The Labute approximate surface area is 158 Å². The van der Waals surface area contributed by atoms with Gasteiger partial charge in [0, 0.05) is 5.56 Å². The summed E-state index contributed by atoms with van der Waals surface area (Å²) in [5.41, 5.74) is 2.48. The summed E-state index contributed by atoms with van der Waals surface area (Å²) in [7, 11) is 1.60. The van der Waals surface area contributed by atoms with Crippen molar-refractivity contribution in [3.05, 3.63) is 65.4 Å². The summed E-state index contributed by atoms with van der Waals surface area (Å²) in [6.07, 6.45) is 1.79. The fourth-order valence-electron chi connectivity index (χ4n) is 2.59. The quantitative estimate of drug-likeness (QED) is 0.536. The lowest BCUT2D eigenvalue weighted by atomic mass is 10.1. The number of carbonyl (C=O) groups is 1. The molecule has 1 amide bonds. The Morgan fingerprint density at radius 2 is 2.19 bits per heavy atom. The SMILES string of the molecule is COc1ccccc1-c1cc(C(=O)NCc2cn(-c3cccs3)nn2)[nH]n1. The molecule has 136 valence electrons. The second-order valence-electron chi connectivity index (χ2n) is 5.66. The zero-order valence-electron chi connectivity index (χ0n) is 14.4. The number of thiophene rings is 1.